The number of allylic oxidation sites excluding steroid dienone is 2. The van der Waals surface area contributed by atoms with Gasteiger partial charge in [-0.15, -0.1) is 0 Å². The lowest BCUT2D eigenvalue weighted by atomic mass is 9.69. The van der Waals surface area contributed by atoms with Gasteiger partial charge in [0, 0.05) is 0 Å². The van der Waals surface area contributed by atoms with Gasteiger partial charge in [0.2, 0.25) is 0 Å². The Morgan fingerprint density at radius 2 is 1.37 bits per heavy atom. The van der Waals surface area contributed by atoms with Gasteiger partial charge in [-0.05, 0) is 68.6 Å². The van der Waals surface area contributed by atoms with E-state index < -0.39 is 0 Å². The highest BCUT2D eigenvalue weighted by atomic mass is 19.1. The van der Waals surface area contributed by atoms with Crippen molar-refractivity contribution in [1.82, 2.24) is 0 Å². The van der Waals surface area contributed by atoms with E-state index in [2.05, 4.69) is 6.08 Å². The predicted octanol–water partition coefficient (Wildman–Crippen LogP) is 5.48. The third-order valence-electron chi connectivity index (χ3n) is 5.39. The van der Waals surface area contributed by atoms with Crippen molar-refractivity contribution >= 4 is 0 Å². The monoisotopic (exact) mass is 270 g/mol. The van der Waals surface area contributed by atoms with Gasteiger partial charge in [0.05, 0.1) is 6.67 Å². The Hall–Kier alpha value is -0.400. The van der Waals surface area contributed by atoms with Crippen LogP contribution in [0.4, 0.5) is 8.78 Å². The Labute approximate surface area is 116 Å². The molecular formula is C17H28F2. The van der Waals surface area contributed by atoms with E-state index in [-0.39, 0.29) is 13.3 Å². The molecule has 2 rings (SSSR count). The number of halogens is 2. The van der Waals surface area contributed by atoms with Gasteiger partial charge in [-0.1, -0.05) is 25.0 Å². The Balaban J connectivity index is 1.69. The summed E-state index contributed by atoms with van der Waals surface area (Å²) in [4.78, 5) is 0. The first-order valence-electron chi connectivity index (χ1n) is 8.12. The molecule has 0 amide bonds. The first-order valence-corrected chi connectivity index (χ1v) is 8.12. The van der Waals surface area contributed by atoms with Crippen molar-refractivity contribution < 1.29 is 8.78 Å². The molecule has 2 aliphatic carbocycles. The molecule has 0 atom stereocenters. The molecular weight excluding hydrogens is 242 g/mol. The quantitative estimate of drug-likeness (QED) is 0.580. The molecule has 110 valence electrons. The third kappa shape index (κ3) is 4.57. The van der Waals surface area contributed by atoms with Gasteiger partial charge in [-0.2, -0.15) is 0 Å². The van der Waals surface area contributed by atoms with E-state index in [0.29, 0.717) is 11.8 Å². The van der Waals surface area contributed by atoms with Crippen LogP contribution in [0, 0.1) is 23.7 Å². The van der Waals surface area contributed by atoms with Gasteiger partial charge in [0.1, 0.15) is 6.67 Å². The molecule has 0 radical (unpaired) electrons. The molecule has 2 aliphatic rings. The molecule has 0 aromatic rings. The van der Waals surface area contributed by atoms with Crippen molar-refractivity contribution in [2.24, 2.45) is 23.7 Å². The standard InChI is InChI=1S/C17H28F2/c18-12-1-2-14-3-7-16(8-4-14)17-9-5-15(6-10-17)11-13-19/h1-2,14-17H,3-13H2. The molecule has 0 heterocycles. The van der Waals surface area contributed by atoms with Gasteiger partial charge in [0.15, 0.2) is 0 Å². The van der Waals surface area contributed by atoms with E-state index in [9.17, 15) is 8.78 Å². The smallest absolute Gasteiger partial charge is 0.108 e. The summed E-state index contributed by atoms with van der Waals surface area (Å²) in [5, 5.41) is 0. The predicted molar refractivity (Wildman–Crippen MR) is 76.6 cm³/mol. The maximum atomic E-state index is 12.3. The number of hydrogen-bond acceptors (Lipinski definition) is 0. The maximum Gasteiger partial charge on any atom is 0.108 e. The summed E-state index contributed by atoms with van der Waals surface area (Å²) in [6.07, 6.45) is 14.8. The number of hydrogen-bond donors (Lipinski definition) is 0. The summed E-state index contributed by atoms with van der Waals surface area (Å²) < 4.78 is 24.4. The van der Waals surface area contributed by atoms with Crippen LogP contribution in [0.1, 0.15) is 57.8 Å². The SMILES string of the molecule is FCC=CC1CCC(C2CCC(CCF)CC2)CC1. The summed E-state index contributed by atoms with van der Waals surface area (Å²) in [6.45, 7) is -0.458. The average molecular weight is 270 g/mol. The molecule has 19 heavy (non-hydrogen) atoms. The van der Waals surface area contributed by atoms with Crippen LogP contribution in [0.5, 0.6) is 0 Å². The van der Waals surface area contributed by atoms with Crippen LogP contribution in [0.3, 0.4) is 0 Å². The zero-order valence-corrected chi connectivity index (χ0v) is 12.0. The summed E-state index contributed by atoms with van der Waals surface area (Å²) in [5.74, 6) is 3.06. The number of rotatable bonds is 5. The van der Waals surface area contributed by atoms with Crippen LogP contribution >= 0.6 is 0 Å². The maximum absolute atomic E-state index is 12.3. The molecule has 0 spiro atoms. The molecule has 0 aromatic heterocycles. The van der Waals surface area contributed by atoms with Crippen LogP contribution < -0.4 is 0 Å². The first-order chi connectivity index (χ1) is 9.33. The summed E-state index contributed by atoms with van der Waals surface area (Å²) >= 11 is 0. The van der Waals surface area contributed by atoms with Gasteiger partial charge < -0.3 is 0 Å². The van der Waals surface area contributed by atoms with Crippen molar-refractivity contribution in [1.29, 1.82) is 0 Å². The Morgan fingerprint density at radius 1 is 0.789 bits per heavy atom. The lowest BCUT2D eigenvalue weighted by Crippen LogP contribution is -2.25. The van der Waals surface area contributed by atoms with Crippen LogP contribution in [-0.2, 0) is 0 Å². The highest BCUT2D eigenvalue weighted by Crippen LogP contribution is 2.42. The van der Waals surface area contributed by atoms with E-state index >= 15 is 0 Å². The van der Waals surface area contributed by atoms with Gasteiger partial charge in [-0.25, -0.2) is 4.39 Å². The minimum absolute atomic E-state index is 0.138. The zero-order valence-electron chi connectivity index (χ0n) is 12.0. The van der Waals surface area contributed by atoms with E-state index in [1.54, 1.807) is 6.08 Å². The fourth-order valence-corrected chi connectivity index (χ4v) is 4.16. The summed E-state index contributed by atoms with van der Waals surface area (Å²) in [7, 11) is 0. The molecule has 0 unspecified atom stereocenters. The second kappa shape index (κ2) is 8.01. The lowest BCUT2D eigenvalue weighted by molar-refractivity contribution is 0.149. The van der Waals surface area contributed by atoms with E-state index in [1.807, 2.05) is 0 Å². The van der Waals surface area contributed by atoms with Crippen LogP contribution in [0.15, 0.2) is 12.2 Å². The number of alkyl halides is 2. The van der Waals surface area contributed by atoms with E-state index in [1.165, 1.54) is 51.4 Å². The molecule has 2 saturated carbocycles. The molecule has 0 N–H and O–H groups in total. The topological polar surface area (TPSA) is 0 Å². The average Bonchev–Trinajstić information content (AvgIpc) is 2.47. The summed E-state index contributed by atoms with van der Waals surface area (Å²) in [5.41, 5.74) is 0. The summed E-state index contributed by atoms with van der Waals surface area (Å²) in [6, 6.07) is 0. The van der Waals surface area contributed by atoms with Crippen molar-refractivity contribution in [2.75, 3.05) is 13.3 Å². The lowest BCUT2D eigenvalue weighted by Gasteiger charge is -2.37. The Bertz CT molecular complexity index is 258. The molecule has 2 fully saturated rings. The van der Waals surface area contributed by atoms with Gasteiger partial charge >= 0.3 is 0 Å². The van der Waals surface area contributed by atoms with Crippen molar-refractivity contribution in [3.8, 4) is 0 Å². The first kappa shape index (κ1) is 15.0. The third-order valence-corrected chi connectivity index (χ3v) is 5.39. The zero-order chi connectivity index (χ0) is 13.5. The van der Waals surface area contributed by atoms with Crippen LogP contribution in [0.25, 0.3) is 0 Å². The van der Waals surface area contributed by atoms with Crippen LogP contribution in [0.2, 0.25) is 0 Å². The fraction of sp³-hybridized carbons (Fsp3) is 0.882. The molecule has 0 saturated heterocycles. The van der Waals surface area contributed by atoms with Crippen LogP contribution in [-0.4, -0.2) is 13.3 Å². The van der Waals surface area contributed by atoms with E-state index in [0.717, 1.165) is 18.3 Å². The Morgan fingerprint density at radius 3 is 1.89 bits per heavy atom. The van der Waals surface area contributed by atoms with Gasteiger partial charge in [-0.3, -0.25) is 4.39 Å². The minimum atomic E-state index is -0.321. The van der Waals surface area contributed by atoms with Crippen molar-refractivity contribution in [2.45, 2.75) is 57.8 Å². The largest absolute Gasteiger partial charge is 0.251 e. The molecule has 0 nitrogen and oxygen atoms in total. The molecule has 0 aromatic carbocycles. The highest BCUT2D eigenvalue weighted by Gasteiger charge is 2.30. The molecule has 2 heteroatoms. The van der Waals surface area contributed by atoms with E-state index in [4.69, 9.17) is 0 Å². The second-order valence-electron chi connectivity index (χ2n) is 6.52. The van der Waals surface area contributed by atoms with Crippen molar-refractivity contribution in [3.05, 3.63) is 12.2 Å². The van der Waals surface area contributed by atoms with Gasteiger partial charge in [0.25, 0.3) is 0 Å². The minimum Gasteiger partial charge on any atom is -0.251 e. The van der Waals surface area contributed by atoms with Crippen molar-refractivity contribution in [3.63, 3.8) is 0 Å². The normalized spacial score (nSPS) is 36.7. The second-order valence-corrected chi connectivity index (χ2v) is 6.52. The highest BCUT2D eigenvalue weighted by molar-refractivity contribution is 4.92. The molecule has 0 aliphatic heterocycles. The Kier molecular flexibility index (Phi) is 6.33. The molecule has 0 bridgehead atoms. The fourth-order valence-electron chi connectivity index (χ4n) is 4.16.